The van der Waals surface area contributed by atoms with Gasteiger partial charge in [0, 0.05) is 36.8 Å². The lowest BCUT2D eigenvalue weighted by Gasteiger charge is -2.32. The Morgan fingerprint density at radius 2 is 1.68 bits per heavy atom. The SMILES string of the molecule is O=C(O)[C@H]1C2C[C@H]1c1cnc(OCc3cc(-c4ccc(C5CCN(S(=O)(=O)C6CC6)CC5)cc4)c(C(F)(F)F)cc3F)cc12. The Morgan fingerprint density at radius 1 is 1.00 bits per heavy atom. The van der Waals surface area contributed by atoms with Crippen molar-refractivity contribution in [1.29, 1.82) is 0 Å². The van der Waals surface area contributed by atoms with Crippen LogP contribution in [-0.4, -0.2) is 47.1 Å². The van der Waals surface area contributed by atoms with Crippen LogP contribution < -0.4 is 4.74 Å². The lowest BCUT2D eigenvalue weighted by molar-refractivity contribution is -0.146. The van der Waals surface area contributed by atoms with Crippen molar-refractivity contribution in [2.24, 2.45) is 5.92 Å². The molecule has 2 aromatic carbocycles. The van der Waals surface area contributed by atoms with Gasteiger partial charge in [0.1, 0.15) is 12.4 Å². The van der Waals surface area contributed by atoms with E-state index in [-0.39, 0.29) is 52.2 Å². The number of carboxylic acid groups (broad SMARTS) is 1. The van der Waals surface area contributed by atoms with E-state index in [4.69, 9.17) is 4.74 Å². The highest BCUT2D eigenvalue weighted by Crippen LogP contribution is 2.62. The van der Waals surface area contributed by atoms with Gasteiger partial charge in [-0.25, -0.2) is 22.1 Å². The minimum Gasteiger partial charge on any atom is -0.481 e. The third kappa shape index (κ3) is 5.05. The van der Waals surface area contributed by atoms with Gasteiger partial charge < -0.3 is 9.84 Å². The molecule has 44 heavy (non-hydrogen) atoms. The first-order valence-electron chi connectivity index (χ1n) is 14.8. The highest BCUT2D eigenvalue weighted by atomic mass is 32.2. The summed E-state index contributed by atoms with van der Waals surface area (Å²) in [7, 11) is -3.23. The van der Waals surface area contributed by atoms with Crippen LogP contribution in [0.3, 0.4) is 0 Å². The van der Waals surface area contributed by atoms with E-state index in [0.29, 0.717) is 44.8 Å². The summed E-state index contributed by atoms with van der Waals surface area (Å²) in [6.07, 6.45) is 0.192. The van der Waals surface area contributed by atoms with Crippen LogP contribution in [0, 0.1) is 11.7 Å². The van der Waals surface area contributed by atoms with Gasteiger partial charge in [-0.15, -0.1) is 0 Å². The minimum atomic E-state index is -4.79. The molecule has 0 amide bonds. The highest BCUT2D eigenvalue weighted by molar-refractivity contribution is 7.90. The molecule has 3 aromatic rings. The average molecular weight is 631 g/mol. The van der Waals surface area contributed by atoms with Crippen LogP contribution in [-0.2, 0) is 27.6 Å². The Kier molecular flexibility index (Phi) is 7.00. The number of carboxylic acids is 1. The van der Waals surface area contributed by atoms with E-state index in [2.05, 4.69) is 4.98 Å². The zero-order valence-corrected chi connectivity index (χ0v) is 24.4. The van der Waals surface area contributed by atoms with E-state index < -0.39 is 39.5 Å². The highest BCUT2D eigenvalue weighted by Gasteiger charge is 2.55. The van der Waals surface area contributed by atoms with E-state index in [1.807, 2.05) is 0 Å². The molecule has 1 aliphatic heterocycles. The molecule has 1 N–H and O–H groups in total. The van der Waals surface area contributed by atoms with Crippen molar-refractivity contribution < 1.29 is 40.6 Å². The first-order valence-corrected chi connectivity index (χ1v) is 16.3. The van der Waals surface area contributed by atoms with Crippen molar-refractivity contribution >= 4 is 16.0 Å². The second kappa shape index (κ2) is 10.5. The monoisotopic (exact) mass is 630 g/mol. The number of aromatic nitrogens is 1. The molecule has 2 bridgehead atoms. The predicted molar refractivity (Wildman–Crippen MR) is 152 cm³/mol. The van der Waals surface area contributed by atoms with E-state index >= 15 is 0 Å². The van der Waals surface area contributed by atoms with Gasteiger partial charge in [-0.05, 0) is 83.9 Å². The smallest absolute Gasteiger partial charge is 0.417 e. The Labute approximate surface area is 251 Å². The maximum Gasteiger partial charge on any atom is 0.417 e. The number of nitrogens with zero attached hydrogens (tertiary/aromatic N) is 2. The summed E-state index contributed by atoms with van der Waals surface area (Å²) in [5.74, 6) is -2.36. The molecule has 8 rings (SSSR count). The fraction of sp³-hybridized carbons (Fsp3) is 0.438. The average Bonchev–Trinajstić information content (AvgIpc) is 3.71. The molecule has 2 heterocycles. The van der Waals surface area contributed by atoms with Gasteiger partial charge in [-0.1, -0.05) is 24.3 Å². The Balaban J connectivity index is 1.09. The van der Waals surface area contributed by atoms with Crippen LogP contribution in [0.5, 0.6) is 5.88 Å². The molecule has 2 saturated carbocycles. The Bertz CT molecular complexity index is 1730. The summed E-state index contributed by atoms with van der Waals surface area (Å²) < 4.78 is 89.4. The van der Waals surface area contributed by atoms with Gasteiger partial charge in [0.05, 0.1) is 16.7 Å². The van der Waals surface area contributed by atoms with Gasteiger partial charge in [0.25, 0.3) is 0 Å². The molecule has 1 saturated heterocycles. The molecule has 5 aliphatic rings. The van der Waals surface area contributed by atoms with Crippen molar-refractivity contribution in [1.82, 2.24) is 9.29 Å². The second-order valence-corrected chi connectivity index (χ2v) is 14.5. The molecule has 3 atom stereocenters. The number of alkyl halides is 3. The molecule has 0 spiro atoms. The number of pyridine rings is 1. The number of piperidine rings is 1. The third-order valence-electron chi connectivity index (χ3n) is 9.72. The van der Waals surface area contributed by atoms with Gasteiger partial charge in [0.2, 0.25) is 15.9 Å². The van der Waals surface area contributed by atoms with E-state index in [1.165, 1.54) is 0 Å². The summed E-state index contributed by atoms with van der Waals surface area (Å²) in [6, 6.07) is 9.98. The van der Waals surface area contributed by atoms with Crippen molar-refractivity contribution in [2.75, 3.05) is 13.1 Å². The van der Waals surface area contributed by atoms with Crippen LogP contribution >= 0.6 is 0 Å². The summed E-state index contributed by atoms with van der Waals surface area (Å²) in [5.41, 5.74) is 1.55. The molecule has 7 nitrogen and oxygen atoms in total. The Hall–Kier alpha value is -3.51. The molecule has 4 aliphatic carbocycles. The van der Waals surface area contributed by atoms with E-state index in [0.717, 1.165) is 29.2 Å². The molecule has 232 valence electrons. The van der Waals surface area contributed by atoms with E-state index in [1.54, 1.807) is 40.8 Å². The molecule has 1 unspecified atom stereocenters. The summed E-state index contributed by atoms with van der Waals surface area (Å²) in [4.78, 5) is 15.8. The quantitative estimate of drug-likeness (QED) is 0.288. The van der Waals surface area contributed by atoms with Crippen LogP contribution in [0.15, 0.2) is 48.7 Å². The van der Waals surface area contributed by atoms with Crippen LogP contribution in [0.1, 0.15) is 77.7 Å². The number of carbonyl (C=O) groups is 1. The lowest BCUT2D eigenvalue weighted by Crippen LogP contribution is -2.39. The van der Waals surface area contributed by atoms with E-state index in [9.17, 15) is 35.9 Å². The Morgan fingerprint density at radius 3 is 2.32 bits per heavy atom. The summed E-state index contributed by atoms with van der Waals surface area (Å²) in [6.45, 7) is 0.482. The first kappa shape index (κ1) is 29.2. The number of hydrogen-bond acceptors (Lipinski definition) is 5. The van der Waals surface area contributed by atoms with Crippen molar-refractivity contribution in [3.8, 4) is 17.0 Å². The van der Waals surface area contributed by atoms with Crippen LogP contribution in [0.2, 0.25) is 0 Å². The van der Waals surface area contributed by atoms with Crippen LogP contribution in [0.25, 0.3) is 11.1 Å². The van der Waals surface area contributed by atoms with Gasteiger partial charge in [-0.3, -0.25) is 4.79 Å². The van der Waals surface area contributed by atoms with Gasteiger partial charge >= 0.3 is 12.1 Å². The summed E-state index contributed by atoms with van der Waals surface area (Å²) >= 11 is 0. The van der Waals surface area contributed by atoms with Gasteiger partial charge in [-0.2, -0.15) is 13.2 Å². The molecular formula is C32H30F4N2O5S. The molecule has 12 heteroatoms. The first-order chi connectivity index (χ1) is 20.9. The lowest BCUT2D eigenvalue weighted by atomic mass is 9.70. The topological polar surface area (TPSA) is 96.8 Å². The standard InChI is InChI=1S/C32H30F4N2O5S/c33-28-14-27(32(34,35)36)22(11-20(28)16-43-29-13-23-24-12-25(26(23)15-37-29)30(24)31(39)40)19-3-1-17(2-4-19)18-7-9-38(10-8-18)44(41,42)21-5-6-21/h1-4,11,13-15,18,21,24-25,30H,5-10,12,16H2,(H,39,40)/t24?,25-,30-/m0/s1. The van der Waals surface area contributed by atoms with Crippen molar-refractivity contribution in [3.05, 3.63) is 82.3 Å². The molecule has 3 fully saturated rings. The predicted octanol–water partition coefficient (Wildman–Crippen LogP) is 6.44. The minimum absolute atomic E-state index is 0.0728. The van der Waals surface area contributed by atoms with Crippen molar-refractivity contribution in [3.63, 3.8) is 0 Å². The molecule has 0 radical (unpaired) electrons. The maximum absolute atomic E-state index is 15.0. The number of aliphatic carboxylic acids is 1. The number of ether oxygens (including phenoxy) is 1. The number of sulfonamides is 1. The zero-order valence-electron chi connectivity index (χ0n) is 23.6. The third-order valence-corrected chi connectivity index (χ3v) is 12.1. The fourth-order valence-corrected chi connectivity index (χ4v) is 8.99. The molecular weight excluding hydrogens is 600 g/mol. The largest absolute Gasteiger partial charge is 0.481 e. The summed E-state index contributed by atoms with van der Waals surface area (Å²) in [5, 5.41) is 9.22. The zero-order chi connectivity index (χ0) is 31.0. The fourth-order valence-electron chi connectivity index (χ4n) is 7.12. The van der Waals surface area contributed by atoms with Crippen molar-refractivity contribution in [2.45, 2.75) is 67.9 Å². The number of rotatable bonds is 8. The maximum atomic E-state index is 15.0. The normalized spacial score (nSPS) is 23.7. The van der Waals surface area contributed by atoms with Gasteiger partial charge in [0.15, 0.2) is 0 Å². The number of hydrogen-bond donors (Lipinski definition) is 1. The molecule has 1 aromatic heterocycles. The number of benzene rings is 2. The second-order valence-electron chi connectivity index (χ2n) is 12.3. The van der Waals surface area contributed by atoms with Crippen LogP contribution in [0.4, 0.5) is 17.6 Å². The number of halogens is 4.